The molecule has 0 aromatic heterocycles. The summed E-state index contributed by atoms with van der Waals surface area (Å²) in [5.41, 5.74) is 8.89. The zero-order chi connectivity index (χ0) is 22.9. The van der Waals surface area contributed by atoms with Crippen LogP contribution in [0.25, 0.3) is 0 Å². The summed E-state index contributed by atoms with van der Waals surface area (Å²) in [5, 5.41) is 10.1. The number of nitrogens with two attached hydrogens (primary N) is 1. The van der Waals surface area contributed by atoms with Crippen molar-refractivity contribution in [1.82, 2.24) is 4.90 Å². The van der Waals surface area contributed by atoms with Crippen LogP contribution in [0.4, 0.5) is 0 Å². The van der Waals surface area contributed by atoms with Gasteiger partial charge in [0.1, 0.15) is 5.82 Å². The number of methoxy groups -OCH3 is 3. The number of nitrogens with zero attached hydrogens (tertiary/aromatic N) is 2. The first-order chi connectivity index (χ1) is 14.7. The van der Waals surface area contributed by atoms with E-state index in [1.165, 1.54) is 0 Å². The quantitative estimate of drug-likeness (QED) is 0.647. The van der Waals surface area contributed by atoms with E-state index in [1.54, 1.807) is 33.5 Å². The van der Waals surface area contributed by atoms with E-state index >= 15 is 0 Å². The van der Waals surface area contributed by atoms with Crippen LogP contribution in [0.3, 0.4) is 0 Å². The third-order valence-electron chi connectivity index (χ3n) is 5.82. The van der Waals surface area contributed by atoms with Crippen molar-refractivity contribution in [3.05, 3.63) is 44.8 Å². The van der Waals surface area contributed by atoms with E-state index in [-0.39, 0.29) is 11.2 Å². The van der Waals surface area contributed by atoms with E-state index in [4.69, 9.17) is 19.9 Å². The van der Waals surface area contributed by atoms with Crippen LogP contribution in [0.2, 0.25) is 0 Å². The Bertz CT molecular complexity index is 1010. The summed E-state index contributed by atoms with van der Waals surface area (Å²) in [4.78, 5) is 15.3. The van der Waals surface area contributed by atoms with Gasteiger partial charge in [0.25, 0.3) is 0 Å². The zero-order valence-corrected chi connectivity index (χ0v) is 20.1. The number of nitriles is 1. The molecule has 0 saturated carbocycles. The highest BCUT2D eigenvalue weighted by Crippen LogP contribution is 2.51. The maximum absolute atomic E-state index is 13.4. The van der Waals surface area contributed by atoms with Crippen LogP contribution >= 0.6 is 15.9 Å². The number of halogens is 1. The van der Waals surface area contributed by atoms with Crippen LogP contribution in [-0.4, -0.2) is 45.2 Å². The lowest BCUT2D eigenvalue weighted by Gasteiger charge is -2.44. The average Bonchev–Trinajstić information content (AvgIpc) is 2.71. The molecule has 0 fully saturated rings. The molecule has 0 radical (unpaired) electrons. The molecule has 2 N–H and O–H groups in total. The minimum absolute atomic E-state index is 0.0283. The van der Waals surface area contributed by atoms with Gasteiger partial charge in [-0.25, -0.2) is 0 Å². The summed E-state index contributed by atoms with van der Waals surface area (Å²) in [5.74, 6) is 0.869. The molecule has 0 saturated heterocycles. The number of carbonyl (C=O) groups excluding carboxylic acids is 1. The van der Waals surface area contributed by atoms with E-state index < -0.39 is 5.92 Å². The monoisotopic (exact) mass is 489 g/mol. The Morgan fingerprint density at radius 1 is 1.23 bits per heavy atom. The highest BCUT2D eigenvalue weighted by atomic mass is 79.9. The van der Waals surface area contributed by atoms with Crippen molar-refractivity contribution in [2.45, 2.75) is 32.6 Å². The maximum Gasteiger partial charge on any atom is 0.162 e. The Morgan fingerprint density at radius 2 is 1.87 bits per heavy atom. The molecular weight excluding hydrogens is 462 g/mol. The van der Waals surface area contributed by atoms with Crippen molar-refractivity contribution in [3.63, 3.8) is 0 Å². The SMILES string of the molecule is COCCN1C(N)=C(C#N)[C@H](c2cc(OC)c(OC)cc2Br)C2=C1CC(C)(C)CC2=O. The first-order valence-electron chi connectivity index (χ1n) is 10.0. The van der Waals surface area contributed by atoms with Gasteiger partial charge in [-0.15, -0.1) is 0 Å². The van der Waals surface area contributed by atoms with E-state index in [0.717, 1.165) is 11.3 Å². The first-order valence-corrected chi connectivity index (χ1v) is 10.8. The molecule has 1 aromatic carbocycles. The fourth-order valence-corrected chi connectivity index (χ4v) is 4.97. The van der Waals surface area contributed by atoms with Gasteiger partial charge in [-0.2, -0.15) is 5.26 Å². The second kappa shape index (κ2) is 8.93. The Hall–Kier alpha value is -2.50. The van der Waals surface area contributed by atoms with Crippen LogP contribution in [-0.2, 0) is 9.53 Å². The van der Waals surface area contributed by atoms with Gasteiger partial charge in [0.15, 0.2) is 17.3 Å². The van der Waals surface area contributed by atoms with Crippen LogP contribution in [0.15, 0.2) is 39.3 Å². The van der Waals surface area contributed by atoms with Crippen molar-refractivity contribution in [2.75, 3.05) is 34.5 Å². The molecule has 1 aromatic rings. The number of hydrogen-bond acceptors (Lipinski definition) is 7. The fraction of sp³-hybridized carbons (Fsp3) is 0.478. The highest BCUT2D eigenvalue weighted by molar-refractivity contribution is 9.10. The van der Waals surface area contributed by atoms with Crippen LogP contribution in [0.1, 0.15) is 38.2 Å². The summed E-state index contributed by atoms with van der Waals surface area (Å²) in [6.07, 6.45) is 1.09. The molecule has 1 aliphatic heterocycles. The third kappa shape index (κ3) is 4.17. The molecule has 0 bridgehead atoms. The molecule has 1 aliphatic carbocycles. The number of allylic oxidation sites excluding steroid dienone is 3. The Labute approximate surface area is 191 Å². The molecular formula is C23H28BrN3O4. The first kappa shape index (κ1) is 23.2. The largest absolute Gasteiger partial charge is 0.493 e. The average molecular weight is 490 g/mol. The third-order valence-corrected chi connectivity index (χ3v) is 6.51. The number of benzene rings is 1. The van der Waals surface area contributed by atoms with Crippen LogP contribution in [0, 0.1) is 16.7 Å². The molecule has 0 unspecified atom stereocenters. The topological polar surface area (TPSA) is 97.8 Å². The van der Waals surface area contributed by atoms with Gasteiger partial charge >= 0.3 is 0 Å². The lowest BCUT2D eigenvalue weighted by Crippen LogP contribution is -2.43. The van der Waals surface area contributed by atoms with Crippen molar-refractivity contribution in [2.24, 2.45) is 11.1 Å². The summed E-state index contributed by atoms with van der Waals surface area (Å²) in [6, 6.07) is 5.86. The van der Waals surface area contributed by atoms with E-state index in [0.29, 0.717) is 58.9 Å². The number of carbonyl (C=O) groups is 1. The summed E-state index contributed by atoms with van der Waals surface area (Å²) < 4.78 is 16.8. The summed E-state index contributed by atoms with van der Waals surface area (Å²) in [7, 11) is 4.73. The fourth-order valence-electron chi connectivity index (χ4n) is 4.42. The summed E-state index contributed by atoms with van der Waals surface area (Å²) in [6.45, 7) is 5.04. The Kier molecular flexibility index (Phi) is 6.68. The molecule has 7 nitrogen and oxygen atoms in total. The van der Waals surface area contributed by atoms with Crippen LogP contribution < -0.4 is 15.2 Å². The van der Waals surface area contributed by atoms with Gasteiger partial charge in [0.2, 0.25) is 0 Å². The number of hydrogen-bond donors (Lipinski definition) is 1. The van der Waals surface area contributed by atoms with Crippen molar-refractivity contribution in [3.8, 4) is 17.6 Å². The lowest BCUT2D eigenvalue weighted by molar-refractivity contribution is -0.118. The molecule has 31 heavy (non-hydrogen) atoms. The van der Waals surface area contributed by atoms with Crippen molar-refractivity contribution >= 4 is 21.7 Å². The predicted octanol–water partition coefficient (Wildman–Crippen LogP) is 3.85. The van der Waals surface area contributed by atoms with Gasteiger partial charge in [0, 0.05) is 35.8 Å². The minimum atomic E-state index is -0.587. The molecule has 3 rings (SSSR count). The van der Waals surface area contributed by atoms with Gasteiger partial charge in [-0.05, 0) is 29.5 Å². The predicted molar refractivity (Wildman–Crippen MR) is 120 cm³/mol. The number of ketones is 1. The highest BCUT2D eigenvalue weighted by Gasteiger charge is 2.44. The lowest BCUT2D eigenvalue weighted by atomic mass is 9.68. The summed E-state index contributed by atoms with van der Waals surface area (Å²) >= 11 is 3.60. The molecule has 0 spiro atoms. The Morgan fingerprint density at radius 3 is 2.45 bits per heavy atom. The van der Waals surface area contributed by atoms with Gasteiger partial charge in [-0.1, -0.05) is 29.8 Å². The molecule has 1 heterocycles. The van der Waals surface area contributed by atoms with Crippen molar-refractivity contribution < 1.29 is 19.0 Å². The van der Waals surface area contributed by atoms with Gasteiger partial charge in [0.05, 0.1) is 38.4 Å². The number of Topliss-reactive ketones (excluding diaryl/α,β-unsaturated/α-hetero) is 1. The normalized spacial score (nSPS) is 20.5. The standard InChI is InChI=1S/C23H28BrN3O4/c1-23(2)10-16-21(17(28)11-23)20(14(12-25)22(26)27(16)6-7-29-3)13-8-18(30-4)19(31-5)9-15(13)24/h8-9,20H,6-7,10-11,26H2,1-5H3/t20-/m0/s1. The molecule has 0 amide bonds. The van der Waals surface area contributed by atoms with E-state index in [2.05, 4.69) is 35.8 Å². The molecule has 1 atom stereocenters. The zero-order valence-electron chi connectivity index (χ0n) is 18.5. The van der Waals surface area contributed by atoms with Crippen molar-refractivity contribution in [1.29, 1.82) is 5.26 Å². The maximum atomic E-state index is 13.4. The molecule has 166 valence electrons. The second-order valence-electron chi connectivity index (χ2n) is 8.52. The number of rotatable bonds is 6. The molecule has 2 aliphatic rings. The number of ether oxygens (including phenoxy) is 3. The van der Waals surface area contributed by atoms with Crippen LogP contribution in [0.5, 0.6) is 11.5 Å². The van der Waals surface area contributed by atoms with E-state index in [1.807, 2.05) is 4.90 Å². The van der Waals surface area contributed by atoms with Gasteiger partial charge < -0.3 is 24.8 Å². The molecule has 8 heteroatoms. The smallest absolute Gasteiger partial charge is 0.162 e. The Balaban J connectivity index is 2.28. The van der Waals surface area contributed by atoms with E-state index in [9.17, 15) is 10.1 Å². The minimum Gasteiger partial charge on any atom is -0.493 e. The van der Waals surface area contributed by atoms with Gasteiger partial charge in [-0.3, -0.25) is 4.79 Å². The second-order valence-corrected chi connectivity index (χ2v) is 9.37.